The Kier molecular flexibility index (Phi) is 3.98. The summed E-state index contributed by atoms with van der Waals surface area (Å²) in [7, 11) is -0.760. The van der Waals surface area contributed by atoms with Gasteiger partial charge in [0.2, 0.25) is 0 Å². The number of rotatable bonds is 2. The molecule has 0 aliphatic heterocycles. The number of hydrogen-bond donors (Lipinski definition) is 0. The fourth-order valence-electron chi connectivity index (χ4n) is 0.986. The maximum absolute atomic E-state index is 11.6. The zero-order valence-corrected chi connectivity index (χ0v) is 11.3. The molecule has 2 atom stereocenters. The van der Waals surface area contributed by atoms with E-state index in [-0.39, 0.29) is 2.75 Å². The zero-order chi connectivity index (χ0) is 9.19. The van der Waals surface area contributed by atoms with E-state index in [1.807, 2.05) is 19.1 Å². The molecule has 0 spiro atoms. The Labute approximate surface area is 97.4 Å². The van der Waals surface area contributed by atoms with Crippen molar-refractivity contribution in [2.75, 3.05) is 5.75 Å². The Morgan fingerprint density at radius 3 is 2.92 bits per heavy atom. The summed E-state index contributed by atoms with van der Waals surface area (Å²) in [4.78, 5) is 0. The van der Waals surface area contributed by atoms with Crippen LogP contribution >= 0.6 is 38.5 Å². The molecule has 0 aromatic rings. The summed E-state index contributed by atoms with van der Waals surface area (Å²) >= 11 is 5.66. The predicted octanol–water partition coefficient (Wildman–Crippen LogP) is 3.13. The normalized spacial score (nSPS) is 31.4. The third-order valence-corrected chi connectivity index (χ3v) is 6.15. The number of alkyl halides is 1. The van der Waals surface area contributed by atoms with Crippen LogP contribution in [0.5, 0.6) is 0 Å². The van der Waals surface area contributed by atoms with Crippen LogP contribution in [0.15, 0.2) is 22.7 Å². The van der Waals surface area contributed by atoms with Crippen LogP contribution in [-0.2, 0) is 10.8 Å². The molecule has 0 radical (unpaired) electrons. The molecule has 1 rings (SSSR count). The van der Waals surface area contributed by atoms with Crippen LogP contribution in [0.4, 0.5) is 0 Å². The lowest BCUT2D eigenvalue weighted by molar-refractivity contribution is 0.676. The van der Waals surface area contributed by atoms with Crippen LogP contribution in [-0.4, -0.2) is 12.7 Å². The SMILES string of the molecule is CCS(=O)C1(I)C=CC(Br)=CC1. The van der Waals surface area contributed by atoms with Crippen LogP contribution < -0.4 is 0 Å². The van der Waals surface area contributed by atoms with Gasteiger partial charge in [-0.05, 0) is 6.42 Å². The van der Waals surface area contributed by atoms with Crippen molar-refractivity contribution in [1.29, 1.82) is 0 Å². The lowest BCUT2D eigenvalue weighted by Crippen LogP contribution is -2.26. The molecule has 0 N–H and O–H groups in total. The molecule has 0 saturated carbocycles. The molecule has 0 fully saturated rings. The van der Waals surface area contributed by atoms with Crippen LogP contribution in [0.3, 0.4) is 0 Å². The molecule has 0 saturated heterocycles. The van der Waals surface area contributed by atoms with Gasteiger partial charge in [-0.3, -0.25) is 4.21 Å². The second-order valence-corrected chi connectivity index (χ2v) is 8.12. The molecule has 0 amide bonds. The second kappa shape index (κ2) is 4.37. The van der Waals surface area contributed by atoms with E-state index < -0.39 is 10.8 Å². The maximum atomic E-state index is 11.6. The van der Waals surface area contributed by atoms with Crippen LogP contribution in [0.2, 0.25) is 0 Å². The lowest BCUT2D eigenvalue weighted by Gasteiger charge is -2.23. The van der Waals surface area contributed by atoms with E-state index in [0.29, 0.717) is 0 Å². The van der Waals surface area contributed by atoms with E-state index in [2.05, 4.69) is 44.6 Å². The van der Waals surface area contributed by atoms with E-state index >= 15 is 0 Å². The van der Waals surface area contributed by atoms with E-state index in [1.54, 1.807) is 0 Å². The van der Waals surface area contributed by atoms with Gasteiger partial charge in [0, 0.05) is 21.0 Å². The molecule has 1 aliphatic rings. The van der Waals surface area contributed by atoms with Gasteiger partial charge in [-0.15, -0.1) is 0 Å². The van der Waals surface area contributed by atoms with Crippen molar-refractivity contribution in [3.8, 4) is 0 Å². The molecule has 2 unspecified atom stereocenters. The van der Waals surface area contributed by atoms with E-state index in [1.165, 1.54) is 0 Å². The Hall–Kier alpha value is 0.840. The second-order valence-electron chi connectivity index (χ2n) is 2.55. The van der Waals surface area contributed by atoms with Crippen molar-refractivity contribution in [2.24, 2.45) is 0 Å². The maximum Gasteiger partial charge on any atom is 0.119 e. The first-order valence-electron chi connectivity index (χ1n) is 3.71. The van der Waals surface area contributed by atoms with Crippen molar-refractivity contribution < 1.29 is 4.21 Å². The van der Waals surface area contributed by atoms with E-state index in [0.717, 1.165) is 16.7 Å². The van der Waals surface area contributed by atoms with Gasteiger partial charge in [0.25, 0.3) is 0 Å². The van der Waals surface area contributed by atoms with Crippen molar-refractivity contribution in [2.45, 2.75) is 16.1 Å². The van der Waals surface area contributed by atoms with Crippen molar-refractivity contribution >= 4 is 49.3 Å². The summed E-state index contributed by atoms with van der Waals surface area (Å²) in [5.74, 6) is 0.721. The molecule has 4 heteroatoms. The van der Waals surface area contributed by atoms with Crippen molar-refractivity contribution in [1.82, 2.24) is 0 Å². The van der Waals surface area contributed by atoms with Gasteiger partial charge in [-0.25, -0.2) is 0 Å². The van der Waals surface area contributed by atoms with Gasteiger partial charge in [-0.2, -0.15) is 0 Å². The standard InChI is InChI=1S/C8H10BrIOS/c1-2-12(11)8(10)5-3-7(9)4-6-8/h3-5H,2,6H2,1H3. The monoisotopic (exact) mass is 360 g/mol. The summed E-state index contributed by atoms with van der Waals surface area (Å²) in [5.41, 5.74) is 0. The highest BCUT2D eigenvalue weighted by atomic mass is 127. The molecule has 0 aromatic heterocycles. The highest BCUT2D eigenvalue weighted by Crippen LogP contribution is 2.35. The predicted molar refractivity (Wildman–Crippen MR) is 66.2 cm³/mol. The molecule has 68 valence electrons. The number of hydrogen-bond acceptors (Lipinski definition) is 1. The molecule has 0 bridgehead atoms. The van der Waals surface area contributed by atoms with Gasteiger partial charge in [0.05, 0.1) is 0 Å². The molecule has 12 heavy (non-hydrogen) atoms. The van der Waals surface area contributed by atoms with Gasteiger partial charge in [-0.1, -0.05) is 63.7 Å². The zero-order valence-electron chi connectivity index (χ0n) is 6.72. The van der Waals surface area contributed by atoms with Crippen LogP contribution in [0.1, 0.15) is 13.3 Å². The van der Waals surface area contributed by atoms with E-state index in [4.69, 9.17) is 0 Å². The molecule has 0 heterocycles. The average molecular weight is 361 g/mol. The number of allylic oxidation sites excluding steroid dienone is 3. The van der Waals surface area contributed by atoms with Crippen molar-refractivity contribution in [3.05, 3.63) is 22.7 Å². The molecule has 1 nitrogen and oxygen atoms in total. The minimum Gasteiger partial charge on any atom is -0.258 e. The third-order valence-electron chi connectivity index (χ3n) is 1.71. The van der Waals surface area contributed by atoms with E-state index in [9.17, 15) is 4.21 Å². The van der Waals surface area contributed by atoms with Gasteiger partial charge < -0.3 is 0 Å². The largest absolute Gasteiger partial charge is 0.258 e. The quantitative estimate of drug-likeness (QED) is 0.546. The summed E-state index contributed by atoms with van der Waals surface area (Å²) in [6, 6.07) is 0. The fraction of sp³-hybridized carbons (Fsp3) is 0.500. The Balaban J connectivity index is 2.78. The molecular weight excluding hydrogens is 351 g/mol. The Morgan fingerprint density at radius 2 is 2.50 bits per heavy atom. The summed E-state index contributed by atoms with van der Waals surface area (Å²) in [5, 5.41) is 0. The van der Waals surface area contributed by atoms with Gasteiger partial charge >= 0.3 is 0 Å². The average Bonchev–Trinajstić information content (AvgIpc) is 2.09. The molecular formula is C8H10BrIOS. The van der Waals surface area contributed by atoms with Gasteiger partial charge in [0.15, 0.2) is 0 Å². The summed E-state index contributed by atoms with van der Waals surface area (Å²) in [6.45, 7) is 1.96. The highest BCUT2D eigenvalue weighted by Gasteiger charge is 2.30. The van der Waals surface area contributed by atoms with Crippen LogP contribution in [0, 0.1) is 0 Å². The lowest BCUT2D eigenvalue weighted by atomic mass is 10.2. The minimum absolute atomic E-state index is 0.177. The Morgan fingerprint density at radius 1 is 1.83 bits per heavy atom. The smallest absolute Gasteiger partial charge is 0.119 e. The van der Waals surface area contributed by atoms with Gasteiger partial charge in [0.1, 0.15) is 2.75 Å². The summed E-state index contributed by atoms with van der Waals surface area (Å²) < 4.78 is 12.5. The third kappa shape index (κ3) is 2.42. The highest BCUT2D eigenvalue weighted by molar-refractivity contribution is 14.1. The number of halogens is 2. The topological polar surface area (TPSA) is 17.1 Å². The minimum atomic E-state index is -0.760. The first kappa shape index (κ1) is 10.9. The molecule has 0 aromatic carbocycles. The van der Waals surface area contributed by atoms with Crippen LogP contribution in [0.25, 0.3) is 0 Å². The Bertz CT molecular complexity index is 262. The summed E-state index contributed by atoms with van der Waals surface area (Å²) in [6.07, 6.45) is 6.92. The van der Waals surface area contributed by atoms with Crippen molar-refractivity contribution in [3.63, 3.8) is 0 Å². The first-order chi connectivity index (χ1) is 5.58. The molecule has 1 aliphatic carbocycles. The fourth-order valence-corrected chi connectivity index (χ4v) is 3.58. The first-order valence-corrected chi connectivity index (χ1v) is 6.90.